The smallest absolute Gasteiger partial charge is 0.289 e. The summed E-state index contributed by atoms with van der Waals surface area (Å²) in [6.07, 6.45) is 0.557. The molecule has 1 aromatic heterocycles. The van der Waals surface area contributed by atoms with E-state index in [1.807, 2.05) is 54.6 Å². The van der Waals surface area contributed by atoms with Gasteiger partial charge in [-0.2, -0.15) is 0 Å². The Bertz CT molecular complexity index is 1280. The van der Waals surface area contributed by atoms with Gasteiger partial charge in [0.1, 0.15) is 5.82 Å². The van der Waals surface area contributed by atoms with Crippen LogP contribution in [-0.2, 0) is 19.5 Å². The summed E-state index contributed by atoms with van der Waals surface area (Å²) in [6.45, 7) is 0.507. The van der Waals surface area contributed by atoms with E-state index in [1.54, 1.807) is 0 Å². The Hall–Kier alpha value is -2.99. The number of fused-ring (bicyclic) bond motifs is 1. The number of aromatic nitrogens is 2. The summed E-state index contributed by atoms with van der Waals surface area (Å²) in [5, 5.41) is 0.330. The summed E-state index contributed by atoms with van der Waals surface area (Å²) < 4.78 is 17.5. The van der Waals surface area contributed by atoms with E-state index in [0.717, 1.165) is 15.6 Å². The molecule has 0 spiro atoms. The van der Waals surface area contributed by atoms with Crippen molar-refractivity contribution in [3.63, 3.8) is 0 Å². The predicted molar refractivity (Wildman–Crippen MR) is 116 cm³/mol. The molecule has 0 aliphatic rings. The van der Waals surface area contributed by atoms with E-state index >= 15 is 0 Å². The van der Waals surface area contributed by atoms with Crippen LogP contribution in [0.15, 0.2) is 86.9 Å². The maximum Gasteiger partial charge on any atom is 0.331 e. The molecule has 0 aliphatic heterocycles. The fraction of sp³-hybridized carbons (Fsp3) is 0.130. The van der Waals surface area contributed by atoms with E-state index in [1.165, 1.54) is 27.3 Å². The molecule has 0 saturated carbocycles. The zero-order valence-corrected chi connectivity index (χ0v) is 17.1. The summed E-state index contributed by atoms with van der Waals surface area (Å²) >= 11 is 3.39. The Labute approximate surface area is 175 Å². The molecule has 0 unspecified atom stereocenters. The molecule has 4 aromatic rings. The average Bonchev–Trinajstić information content (AvgIpc) is 2.73. The molecule has 0 radical (unpaired) electrons. The molecule has 4 rings (SSSR count). The first-order valence-electron chi connectivity index (χ1n) is 9.24. The monoisotopic (exact) mass is 452 g/mol. The van der Waals surface area contributed by atoms with Crippen molar-refractivity contribution in [2.45, 2.75) is 19.5 Å². The number of hydrogen-bond acceptors (Lipinski definition) is 2. The van der Waals surface area contributed by atoms with Crippen LogP contribution in [0, 0.1) is 5.82 Å². The lowest BCUT2D eigenvalue weighted by atomic mass is 10.1. The highest BCUT2D eigenvalue weighted by Crippen LogP contribution is 2.15. The van der Waals surface area contributed by atoms with Crippen molar-refractivity contribution in [1.29, 1.82) is 0 Å². The molecule has 6 heteroatoms. The second-order valence-corrected chi connectivity index (χ2v) is 7.76. The molecule has 0 N–H and O–H groups in total. The zero-order chi connectivity index (χ0) is 20.4. The summed E-state index contributed by atoms with van der Waals surface area (Å²) in [6, 6.07) is 21.2. The maximum atomic E-state index is 13.9. The molecule has 1 heterocycles. The first-order chi connectivity index (χ1) is 14.0. The quantitative estimate of drug-likeness (QED) is 0.451. The molecule has 0 saturated heterocycles. The topological polar surface area (TPSA) is 44.0 Å². The van der Waals surface area contributed by atoms with Gasteiger partial charge >= 0.3 is 5.69 Å². The minimum absolute atomic E-state index is 0.248. The van der Waals surface area contributed by atoms with Gasteiger partial charge in [0.15, 0.2) is 0 Å². The van der Waals surface area contributed by atoms with Gasteiger partial charge in [-0.3, -0.25) is 13.9 Å². The third-order valence-electron chi connectivity index (χ3n) is 4.91. The van der Waals surface area contributed by atoms with E-state index in [2.05, 4.69) is 15.9 Å². The minimum Gasteiger partial charge on any atom is -0.289 e. The molecule has 3 aromatic carbocycles. The summed E-state index contributed by atoms with van der Waals surface area (Å²) in [7, 11) is 0. The van der Waals surface area contributed by atoms with Crippen molar-refractivity contribution in [2.75, 3.05) is 0 Å². The van der Waals surface area contributed by atoms with Crippen LogP contribution in [0.1, 0.15) is 11.1 Å². The molecular formula is C23H18BrFN2O2. The molecule has 4 nitrogen and oxygen atoms in total. The van der Waals surface area contributed by atoms with Crippen LogP contribution in [0.25, 0.3) is 10.9 Å². The van der Waals surface area contributed by atoms with Crippen LogP contribution in [0.5, 0.6) is 0 Å². The molecule has 0 aliphatic carbocycles. The summed E-state index contributed by atoms with van der Waals surface area (Å²) in [4.78, 5) is 26.2. The second kappa shape index (κ2) is 8.17. The fourth-order valence-corrected chi connectivity index (χ4v) is 3.66. The van der Waals surface area contributed by atoms with Gasteiger partial charge in [-0.1, -0.05) is 58.4 Å². The van der Waals surface area contributed by atoms with Crippen molar-refractivity contribution >= 4 is 26.8 Å². The number of aryl methyl sites for hydroxylation is 1. The minimum atomic E-state index is -0.483. The lowest BCUT2D eigenvalue weighted by Crippen LogP contribution is -2.40. The van der Waals surface area contributed by atoms with Gasteiger partial charge in [0, 0.05) is 11.0 Å². The van der Waals surface area contributed by atoms with E-state index in [0.29, 0.717) is 17.3 Å². The Morgan fingerprint density at radius 1 is 0.828 bits per heavy atom. The van der Waals surface area contributed by atoms with Crippen LogP contribution >= 0.6 is 15.9 Å². The molecule has 146 valence electrons. The van der Waals surface area contributed by atoms with Gasteiger partial charge in [-0.05, 0) is 47.9 Å². The molecule has 0 bridgehead atoms. The van der Waals surface area contributed by atoms with Gasteiger partial charge in [0.05, 0.1) is 17.4 Å². The van der Waals surface area contributed by atoms with Crippen LogP contribution in [0.3, 0.4) is 0 Å². The Morgan fingerprint density at radius 3 is 2.28 bits per heavy atom. The third kappa shape index (κ3) is 4.07. The average molecular weight is 453 g/mol. The Balaban J connectivity index is 1.83. The molecule has 0 atom stereocenters. The number of nitrogens with zero attached hydrogens (tertiary/aromatic N) is 2. The standard InChI is InChI=1S/C23H18BrFN2O2/c24-18-8-6-17(7-9-18)15-27-21-14-19(25)10-11-20(21)22(28)26(23(27)29)13-12-16-4-2-1-3-5-16/h1-11,14H,12-13,15H2. The number of halogens is 2. The van der Waals surface area contributed by atoms with Crippen LogP contribution in [-0.4, -0.2) is 9.13 Å². The van der Waals surface area contributed by atoms with Crippen LogP contribution in [0.2, 0.25) is 0 Å². The van der Waals surface area contributed by atoms with Gasteiger partial charge in [0.25, 0.3) is 5.56 Å². The molecule has 0 amide bonds. The highest BCUT2D eigenvalue weighted by molar-refractivity contribution is 9.10. The highest BCUT2D eigenvalue weighted by atomic mass is 79.9. The molecule has 0 fully saturated rings. The third-order valence-corrected chi connectivity index (χ3v) is 5.44. The molecule has 29 heavy (non-hydrogen) atoms. The SMILES string of the molecule is O=c1c2ccc(F)cc2n(Cc2ccc(Br)cc2)c(=O)n1CCc1ccccc1. The van der Waals surface area contributed by atoms with Gasteiger partial charge in [-0.15, -0.1) is 0 Å². The van der Waals surface area contributed by atoms with Crippen molar-refractivity contribution < 1.29 is 4.39 Å². The zero-order valence-electron chi connectivity index (χ0n) is 15.5. The number of rotatable bonds is 5. The second-order valence-electron chi connectivity index (χ2n) is 6.85. The lowest BCUT2D eigenvalue weighted by molar-refractivity contribution is 0.586. The van der Waals surface area contributed by atoms with Crippen molar-refractivity contribution in [1.82, 2.24) is 9.13 Å². The van der Waals surface area contributed by atoms with E-state index < -0.39 is 17.1 Å². The van der Waals surface area contributed by atoms with Crippen LogP contribution in [0.4, 0.5) is 4.39 Å². The predicted octanol–water partition coefficient (Wildman–Crippen LogP) is 4.36. The van der Waals surface area contributed by atoms with Gasteiger partial charge in [-0.25, -0.2) is 9.18 Å². The largest absolute Gasteiger partial charge is 0.331 e. The molecular weight excluding hydrogens is 435 g/mol. The van der Waals surface area contributed by atoms with E-state index in [-0.39, 0.29) is 13.1 Å². The normalized spacial score (nSPS) is 11.1. The highest BCUT2D eigenvalue weighted by Gasteiger charge is 2.14. The van der Waals surface area contributed by atoms with Crippen molar-refractivity contribution in [3.8, 4) is 0 Å². The Kier molecular flexibility index (Phi) is 5.45. The summed E-state index contributed by atoms with van der Waals surface area (Å²) in [5.74, 6) is -0.483. The first kappa shape index (κ1) is 19.3. The van der Waals surface area contributed by atoms with E-state index in [4.69, 9.17) is 0 Å². The van der Waals surface area contributed by atoms with E-state index in [9.17, 15) is 14.0 Å². The summed E-state index contributed by atoms with van der Waals surface area (Å²) in [5.41, 5.74) is 1.39. The van der Waals surface area contributed by atoms with Crippen LogP contribution < -0.4 is 11.2 Å². The maximum absolute atomic E-state index is 13.9. The fourth-order valence-electron chi connectivity index (χ4n) is 3.40. The van der Waals surface area contributed by atoms with Crippen molar-refractivity contribution in [2.24, 2.45) is 0 Å². The van der Waals surface area contributed by atoms with Gasteiger partial charge < -0.3 is 0 Å². The Morgan fingerprint density at radius 2 is 1.55 bits per heavy atom. The lowest BCUT2D eigenvalue weighted by Gasteiger charge is -2.14. The number of benzene rings is 3. The van der Waals surface area contributed by atoms with Crippen molar-refractivity contribution in [3.05, 3.63) is 115 Å². The van der Waals surface area contributed by atoms with Gasteiger partial charge in [0.2, 0.25) is 0 Å². The number of hydrogen-bond donors (Lipinski definition) is 0. The first-order valence-corrected chi connectivity index (χ1v) is 10.0.